The van der Waals surface area contributed by atoms with E-state index in [-0.39, 0.29) is 11.2 Å². The number of nitrogens with one attached hydrogen (secondary N) is 1. The van der Waals surface area contributed by atoms with Gasteiger partial charge in [0, 0.05) is 12.6 Å². The molecule has 0 spiro atoms. The van der Waals surface area contributed by atoms with Crippen LogP contribution >= 0.6 is 0 Å². The van der Waals surface area contributed by atoms with Crippen LogP contribution in [0.15, 0.2) is 30.3 Å². The molecule has 1 aromatic rings. The molecule has 94 valence electrons. The van der Waals surface area contributed by atoms with E-state index in [1.54, 1.807) is 0 Å². The monoisotopic (exact) mass is 233 g/mol. The second-order valence-corrected chi connectivity index (χ2v) is 6.09. The zero-order valence-corrected chi connectivity index (χ0v) is 11.3. The molecule has 0 aromatic heterocycles. The van der Waals surface area contributed by atoms with Gasteiger partial charge in [-0.15, -0.1) is 0 Å². The second kappa shape index (κ2) is 4.43. The van der Waals surface area contributed by atoms with Crippen molar-refractivity contribution in [3.05, 3.63) is 35.9 Å². The van der Waals surface area contributed by atoms with Gasteiger partial charge in [-0.1, -0.05) is 30.3 Å². The minimum Gasteiger partial charge on any atom is -0.368 e. The van der Waals surface area contributed by atoms with Gasteiger partial charge in [0.25, 0.3) is 0 Å². The van der Waals surface area contributed by atoms with Gasteiger partial charge >= 0.3 is 0 Å². The summed E-state index contributed by atoms with van der Waals surface area (Å²) >= 11 is 0. The highest BCUT2D eigenvalue weighted by Crippen LogP contribution is 2.37. The molecule has 1 aliphatic heterocycles. The first-order chi connectivity index (χ1) is 7.89. The molecule has 2 nitrogen and oxygen atoms in total. The van der Waals surface area contributed by atoms with Crippen LogP contribution in [0.5, 0.6) is 0 Å². The molecule has 0 saturated carbocycles. The summed E-state index contributed by atoms with van der Waals surface area (Å²) in [6.07, 6.45) is 1.06. The molecule has 1 atom stereocenters. The molecule has 0 aliphatic carbocycles. The van der Waals surface area contributed by atoms with Crippen LogP contribution in [-0.4, -0.2) is 17.2 Å². The average molecular weight is 233 g/mol. The van der Waals surface area contributed by atoms with Crippen LogP contribution in [0.4, 0.5) is 0 Å². The largest absolute Gasteiger partial charge is 0.368 e. The van der Waals surface area contributed by atoms with Gasteiger partial charge in [-0.2, -0.15) is 0 Å². The fourth-order valence-corrected chi connectivity index (χ4v) is 2.72. The van der Waals surface area contributed by atoms with E-state index in [0.717, 1.165) is 13.0 Å². The van der Waals surface area contributed by atoms with Crippen molar-refractivity contribution in [2.24, 2.45) is 0 Å². The molecule has 17 heavy (non-hydrogen) atoms. The van der Waals surface area contributed by atoms with Gasteiger partial charge in [0.2, 0.25) is 0 Å². The summed E-state index contributed by atoms with van der Waals surface area (Å²) in [7, 11) is 0. The number of ether oxygens (including phenoxy) is 1. The quantitative estimate of drug-likeness (QED) is 0.866. The third-order valence-corrected chi connectivity index (χ3v) is 3.47. The summed E-state index contributed by atoms with van der Waals surface area (Å²) in [6.45, 7) is 9.58. The van der Waals surface area contributed by atoms with Gasteiger partial charge in [-0.05, 0) is 39.7 Å². The first-order valence-corrected chi connectivity index (χ1v) is 6.37. The minimum absolute atomic E-state index is 0.0160. The van der Waals surface area contributed by atoms with E-state index in [9.17, 15) is 0 Å². The molecule has 1 saturated heterocycles. The fraction of sp³-hybridized carbons (Fsp3) is 0.600. The van der Waals surface area contributed by atoms with Crippen LogP contribution in [0.3, 0.4) is 0 Å². The summed E-state index contributed by atoms with van der Waals surface area (Å²) < 4.78 is 6.07. The summed E-state index contributed by atoms with van der Waals surface area (Å²) in [5.74, 6) is 0. The van der Waals surface area contributed by atoms with Crippen molar-refractivity contribution >= 4 is 0 Å². The Labute approximate surface area is 104 Å². The number of benzene rings is 1. The molecule has 0 radical (unpaired) electrons. The summed E-state index contributed by atoms with van der Waals surface area (Å²) in [5, 5.41) is 3.62. The maximum Gasteiger partial charge on any atom is 0.0787 e. The molecular weight excluding hydrogens is 210 g/mol. The zero-order valence-electron chi connectivity index (χ0n) is 11.3. The van der Waals surface area contributed by atoms with Crippen LogP contribution in [-0.2, 0) is 11.3 Å². The van der Waals surface area contributed by atoms with Crippen molar-refractivity contribution in [2.45, 2.75) is 57.9 Å². The average Bonchev–Trinajstić information content (AvgIpc) is 2.45. The second-order valence-electron chi connectivity index (χ2n) is 6.09. The molecule has 1 aromatic carbocycles. The topological polar surface area (TPSA) is 21.3 Å². The van der Waals surface area contributed by atoms with E-state index in [1.807, 2.05) is 0 Å². The van der Waals surface area contributed by atoms with E-state index < -0.39 is 0 Å². The molecule has 2 heteroatoms. The predicted molar refractivity (Wildman–Crippen MR) is 70.9 cm³/mol. The molecule has 1 heterocycles. The summed E-state index contributed by atoms with van der Waals surface area (Å²) in [5.41, 5.74) is 1.23. The number of rotatable bonds is 3. The van der Waals surface area contributed by atoms with Crippen LogP contribution in [0.2, 0.25) is 0 Å². The van der Waals surface area contributed by atoms with Crippen molar-refractivity contribution in [1.82, 2.24) is 5.32 Å². The number of hydrogen-bond donors (Lipinski definition) is 1. The maximum absolute atomic E-state index is 6.07. The zero-order chi connectivity index (χ0) is 12.5. The maximum atomic E-state index is 6.07. The molecule has 1 aliphatic rings. The van der Waals surface area contributed by atoms with Crippen molar-refractivity contribution in [1.29, 1.82) is 0 Å². The van der Waals surface area contributed by atoms with Gasteiger partial charge in [-0.3, -0.25) is 0 Å². The van der Waals surface area contributed by atoms with Gasteiger partial charge in [-0.25, -0.2) is 0 Å². The Morgan fingerprint density at radius 1 is 1.18 bits per heavy atom. The Morgan fingerprint density at radius 2 is 1.82 bits per heavy atom. The summed E-state index contributed by atoms with van der Waals surface area (Å²) in [6, 6.07) is 10.9. The van der Waals surface area contributed by atoms with Gasteiger partial charge in [0.05, 0.1) is 11.2 Å². The lowest BCUT2D eigenvalue weighted by Gasteiger charge is -2.27. The highest BCUT2D eigenvalue weighted by atomic mass is 16.5. The third kappa shape index (κ3) is 3.08. The van der Waals surface area contributed by atoms with Crippen molar-refractivity contribution < 1.29 is 4.74 Å². The Balaban J connectivity index is 1.96. The Kier molecular flexibility index (Phi) is 3.28. The normalized spacial score (nSPS) is 26.0. The SMILES string of the molecule is CC1(C)C[C@@H](NCc2ccccc2)C(C)(C)O1. The van der Waals surface area contributed by atoms with E-state index in [4.69, 9.17) is 4.74 Å². The first kappa shape index (κ1) is 12.6. The third-order valence-electron chi connectivity index (χ3n) is 3.47. The smallest absolute Gasteiger partial charge is 0.0787 e. The number of hydrogen-bond acceptors (Lipinski definition) is 2. The lowest BCUT2D eigenvalue weighted by atomic mass is 9.94. The van der Waals surface area contributed by atoms with E-state index in [2.05, 4.69) is 63.3 Å². The van der Waals surface area contributed by atoms with Crippen molar-refractivity contribution in [3.63, 3.8) is 0 Å². The Morgan fingerprint density at radius 3 is 2.35 bits per heavy atom. The first-order valence-electron chi connectivity index (χ1n) is 6.37. The Hall–Kier alpha value is -0.860. The van der Waals surface area contributed by atoms with Crippen LogP contribution in [0.1, 0.15) is 39.7 Å². The molecule has 2 rings (SSSR count). The molecule has 1 fully saturated rings. The lowest BCUT2D eigenvalue weighted by molar-refractivity contribution is -0.0699. The van der Waals surface area contributed by atoms with Gasteiger partial charge in [0.15, 0.2) is 0 Å². The molecule has 0 amide bonds. The van der Waals surface area contributed by atoms with Crippen LogP contribution < -0.4 is 5.32 Å². The van der Waals surface area contributed by atoms with Gasteiger partial charge < -0.3 is 10.1 Å². The molecular formula is C15H23NO. The van der Waals surface area contributed by atoms with E-state index >= 15 is 0 Å². The highest BCUT2D eigenvalue weighted by molar-refractivity contribution is 5.14. The van der Waals surface area contributed by atoms with Crippen molar-refractivity contribution in [2.75, 3.05) is 0 Å². The van der Waals surface area contributed by atoms with E-state index in [0.29, 0.717) is 6.04 Å². The standard InChI is InChI=1S/C15H23NO/c1-14(2)10-13(15(3,4)17-14)16-11-12-8-6-5-7-9-12/h5-9,13,16H,10-11H2,1-4H3/t13-/m1/s1. The molecule has 0 unspecified atom stereocenters. The fourth-order valence-electron chi connectivity index (χ4n) is 2.72. The molecule has 0 bridgehead atoms. The van der Waals surface area contributed by atoms with E-state index in [1.165, 1.54) is 5.56 Å². The summed E-state index contributed by atoms with van der Waals surface area (Å²) in [4.78, 5) is 0. The minimum atomic E-state index is -0.0850. The van der Waals surface area contributed by atoms with Gasteiger partial charge in [0.1, 0.15) is 0 Å². The van der Waals surface area contributed by atoms with Crippen LogP contribution in [0.25, 0.3) is 0 Å². The molecule has 1 N–H and O–H groups in total. The highest BCUT2D eigenvalue weighted by Gasteiger charge is 2.45. The lowest BCUT2D eigenvalue weighted by Crippen LogP contribution is -2.42. The van der Waals surface area contributed by atoms with Crippen LogP contribution in [0, 0.1) is 0 Å². The van der Waals surface area contributed by atoms with Crippen molar-refractivity contribution in [3.8, 4) is 0 Å². The predicted octanol–water partition coefficient (Wildman–Crippen LogP) is 3.12. The Bertz CT molecular complexity index is 370.